The van der Waals surface area contributed by atoms with Gasteiger partial charge in [0.05, 0.1) is 0 Å². The molecule has 2 heteroatoms. The van der Waals surface area contributed by atoms with Crippen molar-refractivity contribution in [1.29, 1.82) is 0 Å². The second-order valence-corrected chi connectivity index (χ2v) is 5.15. The summed E-state index contributed by atoms with van der Waals surface area (Å²) in [6.07, 6.45) is 0.775. The molecule has 0 amide bonds. The van der Waals surface area contributed by atoms with E-state index in [0.717, 1.165) is 22.6 Å². The molecular formula is C14H19ClO. The van der Waals surface area contributed by atoms with Crippen molar-refractivity contribution in [2.75, 3.05) is 0 Å². The summed E-state index contributed by atoms with van der Waals surface area (Å²) in [4.78, 5) is 11.8. The summed E-state index contributed by atoms with van der Waals surface area (Å²) in [7, 11) is 0. The largest absolute Gasteiger partial charge is 0.299 e. The van der Waals surface area contributed by atoms with E-state index in [0.29, 0.717) is 5.78 Å². The van der Waals surface area contributed by atoms with Crippen molar-refractivity contribution in [3.8, 4) is 0 Å². The van der Waals surface area contributed by atoms with Crippen LogP contribution in [0.15, 0.2) is 18.2 Å². The number of hydrogen-bond acceptors (Lipinski definition) is 1. The van der Waals surface area contributed by atoms with E-state index >= 15 is 0 Å². The van der Waals surface area contributed by atoms with Crippen LogP contribution in [0.25, 0.3) is 0 Å². The van der Waals surface area contributed by atoms with Gasteiger partial charge in [-0.3, -0.25) is 4.79 Å². The van der Waals surface area contributed by atoms with Crippen molar-refractivity contribution in [2.24, 2.45) is 11.8 Å². The van der Waals surface area contributed by atoms with E-state index in [9.17, 15) is 4.79 Å². The summed E-state index contributed by atoms with van der Waals surface area (Å²) >= 11 is 6.05. The molecule has 0 spiro atoms. The fraction of sp³-hybridized carbons (Fsp3) is 0.500. The Bertz CT molecular complexity index is 382. The van der Waals surface area contributed by atoms with Crippen LogP contribution in [0.3, 0.4) is 0 Å². The van der Waals surface area contributed by atoms with Gasteiger partial charge in [-0.25, -0.2) is 0 Å². The first-order valence-electron chi connectivity index (χ1n) is 5.70. The van der Waals surface area contributed by atoms with Gasteiger partial charge in [0.25, 0.3) is 0 Å². The van der Waals surface area contributed by atoms with Crippen molar-refractivity contribution < 1.29 is 4.79 Å². The highest BCUT2D eigenvalue weighted by Gasteiger charge is 2.16. The molecule has 1 rings (SSSR count). The maximum Gasteiger partial charge on any atom is 0.138 e. The molecule has 0 saturated heterocycles. The van der Waals surface area contributed by atoms with Crippen molar-refractivity contribution >= 4 is 17.4 Å². The van der Waals surface area contributed by atoms with E-state index in [-0.39, 0.29) is 11.8 Å². The molecular weight excluding hydrogens is 220 g/mol. The van der Waals surface area contributed by atoms with Gasteiger partial charge in [0, 0.05) is 16.9 Å². The van der Waals surface area contributed by atoms with Crippen LogP contribution in [-0.4, -0.2) is 5.78 Å². The average molecular weight is 239 g/mol. The van der Waals surface area contributed by atoms with E-state index in [1.54, 1.807) is 0 Å². The molecule has 0 radical (unpaired) electrons. The third-order valence-corrected chi connectivity index (χ3v) is 3.24. The fourth-order valence-corrected chi connectivity index (χ4v) is 1.99. The summed E-state index contributed by atoms with van der Waals surface area (Å²) in [6, 6.07) is 6.01. The number of carbonyl (C=O) groups excluding carboxylic acids is 1. The topological polar surface area (TPSA) is 17.1 Å². The number of carbonyl (C=O) groups is 1. The summed E-state index contributed by atoms with van der Waals surface area (Å²) in [5.41, 5.74) is 2.21. The monoisotopic (exact) mass is 238 g/mol. The second-order valence-electron chi connectivity index (χ2n) is 4.75. The number of halogens is 1. The molecule has 0 aliphatic heterocycles. The zero-order valence-corrected chi connectivity index (χ0v) is 11.1. The summed E-state index contributed by atoms with van der Waals surface area (Å²) in [5.74, 6) is 0.492. The van der Waals surface area contributed by atoms with Gasteiger partial charge in [0.1, 0.15) is 5.78 Å². The minimum atomic E-state index is 0.0683. The zero-order valence-electron chi connectivity index (χ0n) is 10.4. The van der Waals surface area contributed by atoms with Crippen molar-refractivity contribution in [1.82, 2.24) is 0 Å². The van der Waals surface area contributed by atoms with Crippen LogP contribution < -0.4 is 0 Å². The third-order valence-electron chi connectivity index (χ3n) is 2.83. The molecule has 0 N–H and O–H groups in total. The number of benzene rings is 1. The Balaban J connectivity index is 2.73. The molecule has 0 aliphatic carbocycles. The van der Waals surface area contributed by atoms with Crippen molar-refractivity contribution in [3.63, 3.8) is 0 Å². The van der Waals surface area contributed by atoms with Gasteiger partial charge in [0.15, 0.2) is 0 Å². The van der Waals surface area contributed by atoms with Gasteiger partial charge in [-0.05, 0) is 30.5 Å². The van der Waals surface area contributed by atoms with Gasteiger partial charge < -0.3 is 0 Å². The molecule has 1 aromatic rings. The molecule has 0 aliphatic rings. The van der Waals surface area contributed by atoms with Crippen LogP contribution in [0.2, 0.25) is 5.02 Å². The van der Waals surface area contributed by atoms with Gasteiger partial charge >= 0.3 is 0 Å². The van der Waals surface area contributed by atoms with E-state index in [1.807, 2.05) is 45.9 Å². The smallest absolute Gasteiger partial charge is 0.138 e. The first kappa shape index (κ1) is 13.2. The average Bonchev–Trinajstić information content (AvgIpc) is 2.22. The highest BCUT2D eigenvalue weighted by molar-refractivity contribution is 6.31. The minimum absolute atomic E-state index is 0.0683. The van der Waals surface area contributed by atoms with E-state index in [1.165, 1.54) is 0 Å². The van der Waals surface area contributed by atoms with E-state index < -0.39 is 0 Å². The second kappa shape index (κ2) is 5.49. The lowest BCUT2D eigenvalue weighted by molar-refractivity contribution is -0.125. The molecule has 0 saturated carbocycles. The predicted octanol–water partition coefficient (Wildman–Crippen LogP) is 4.05. The maximum absolute atomic E-state index is 11.8. The van der Waals surface area contributed by atoms with Crippen LogP contribution >= 0.6 is 11.6 Å². The van der Waals surface area contributed by atoms with Gasteiger partial charge in [-0.2, -0.15) is 0 Å². The summed E-state index contributed by atoms with van der Waals surface area (Å²) in [6.45, 7) is 7.85. The van der Waals surface area contributed by atoms with Crippen molar-refractivity contribution in [3.05, 3.63) is 34.3 Å². The van der Waals surface area contributed by atoms with Crippen LogP contribution in [0.4, 0.5) is 0 Å². The van der Waals surface area contributed by atoms with E-state index in [4.69, 9.17) is 11.6 Å². The van der Waals surface area contributed by atoms with Gasteiger partial charge in [-0.1, -0.05) is 44.5 Å². The molecule has 0 fully saturated rings. The Hall–Kier alpha value is -0.820. The lowest BCUT2D eigenvalue weighted by Crippen LogP contribution is -2.19. The molecule has 16 heavy (non-hydrogen) atoms. The molecule has 0 bridgehead atoms. The SMILES string of the molecule is Cc1ccc(C[C@@H](C)C(=O)C(C)C)cc1Cl. The minimum Gasteiger partial charge on any atom is -0.299 e. The van der Waals surface area contributed by atoms with Crippen molar-refractivity contribution in [2.45, 2.75) is 34.1 Å². The quantitative estimate of drug-likeness (QED) is 0.774. The summed E-state index contributed by atoms with van der Waals surface area (Å²) < 4.78 is 0. The standard InChI is InChI=1S/C14H19ClO/c1-9(2)14(16)11(4)7-12-6-5-10(3)13(15)8-12/h5-6,8-9,11H,7H2,1-4H3/t11-/m1/s1. The van der Waals surface area contributed by atoms with Crippen LogP contribution in [0.5, 0.6) is 0 Å². The Kier molecular flexibility index (Phi) is 4.55. The molecule has 1 nitrogen and oxygen atoms in total. The molecule has 1 atom stereocenters. The normalized spacial score (nSPS) is 12.9. The van der Waals surface area contributed by atoms with Gasteiger partial charge in [-0.15, -0.1) is 0 Å². The number of rotatable bonds is 4. The van der Waals surface area contributed by atoms with E-state index in [2.05, 4.69) is 0 Å². The Labute approximate surface area is 103 Å². The third kappa shape index (κ3) is 3.34. The predicted molar refractivity (Wildman–Crippen MR) is 68.9 cm³/mol. The highest BCUT2D eigenvalue weighted by Crippen LogP contribution is 2.20. The Morgan fingerprint density at radius 3 is 2.44 bits per heavy atom. The highest BCUT2D eigenvalue weighted by atomic mass is 35.5. The first-order valence-corrected chi connectivity index (χ1v) is 6.08. The Morgan fingerprint density at radius 1 is 1.31 bits per heavy atom. The van der Waals surface area contributed by atoms with Crippen LogP contribution in [-0.2, 0) is 11.2 Å². The maximum atomic E-state index is 11.8. The summed E-state index contributed by atoms with van der Waals surface area (Å²) in [5, 5.41) is 0.779. The Morgan fingerprint density at radius 2 is 1.94 bits per heavy atom. The number of hydrogen-bond donors (Lipinski definition) is 0. The molecule has 0 heterocycles. The molecule has 0 unspecified atom stereocenters. The number of ketones is 1. The number of aryl methyl sites for hydroxylation is 1. The first-order chi connectivity index (χ1) is 7.41. The number of Topliss-reactive ketones (excluding diaryl/α,β-unsaturated/α-hetero) is 1. The molecule has 0 aromatic heterocycles. The van der Waals surface area contributed by atoms with Gasteiger partial charge in [0.2, 0.25) is 0 Å². The van der Waals surface area contributed by atoms with Crippen LogP contribution in [0.1, 0.15) is 31.9 Å². The molecule has 88 valence electrons. The fourth-order valence-electron chi connectivity index (χ4n) is 1.79. The zero-order chi connectivity index (χ0) is 12.3. The van der Waals surface area contributed by atoms with Crippen LogP contribution in [0, 0.1) is 18.8 Å². The lowest BCUT2D eigenvalue weighted by Gasteiger charge is -2.13. The molecule has 1 aromatic carbocycles. The lowest BCUT2D eigenvalue weighted by atomic mass is 9.91.